The molecule has 0 aliphatic heterocycles. The normalized spacial score (nSPS) is 11.0. The molecule has 0 saturated carbocycles. The first-order valence-electron chi connectivity index (χ1n) is 7.19. The molecule has 0 fully saturated rings. The summed E-state index contributed by atoms with van der Waals surface area (Å²) in [6.07, 6.45) is 0. The van der Waals surface area contributed by atoms with Crippen LogP contribution in [-0.4, -0.2) is 15.0 Å². The van der Waals surface area contributed by atoms with E-state index in [1.165, 1.54) is 5.56 Å². The van der Waals surface area contributed by atoms with Crippen molar-refractivity contribution in [3.8, 4) is 11.3 Å². The molecule has 0 amide bonds. The first-order chi connectivity index (χ1) is 11.2. The van der Waals surface area contributed by atoms with Gasteiger partial charge < -0.3 is 15.3 Å². The summed E-state index contributed by atoms with van der Waals surface area (Å²) in [5.41, 5.74) is 5.47. The molecule has 5 nitrogen and oxygen atoms in total. The molecule has 2 aromatic heterocycles. The average molecular weight is 322 g/mol. The quantitative estimate of drug-likeness (QED) is 0.533. The predicted octanol–water partition coefficient (Wildman–Crippen LogP) is 4.03. The standard InChI is InChI=1S/C17H14N4OS/c1-10-3-2-4-12(7-10)18-17-21-15(9-23-17)11-5-6-13-14(8-11)20-16(22)19-13/h2-9H,1H3,(H,18,21)(H2,19,20,22). The lowest BCUT2D eigenvalue weighted by atomic mass is 10.1. The third-order valence-corrected chi connectivity index (χ3v) is 4.34. The van der Waals surface area contributed by atoms with Crippen molar-refractivity contribution in [1.29, 1.82) is 0 Å². The van der Waals surface area contributed by atoms with Crippen molar-refractivity contribution < 1.29 is 0 Å². The van der Waals surface area contributed by atoms with Crippen molar-refractivity contribution >= 4 is 33.2 Å². The van der Waals surface area contributed by atoms with Crippen LogP contribution in [0, 0.1) is 6.92 Å². The summed E-state index contributed by atoms with van der Waals surface area (Å²) in [5.74, 6) is 0. The molecule has 4 rings (SSSR count). The fraction of sp³-hybridized carbons (Fsp3) is 0.0588. The second-order valence-corrected chi connectivity index (χ2v) is 6.23. The summed E-state index contributed by atoms with van der Waals surface area (Å²) in [4.78, 5) is 21.5. The number of nitrogens with zero attached hydrogens (tertiary/aromatic N) is 1. The van der Waals surface area contributed by atoms with Crippen molar-refractivity contribution in [2.45, 2.75) is 6.92 Å². The number of H-pyrrole nitrogens is 2. The number of fused-ring (bicyclic) bond motifs is 1. The number of aromatic nitrogens is 3. The van der Waals surface area contributed by atoms with E-state index in [-0.39, 0.29) is 5.69 Å². The van der Waals surface area contributed by atoms with Crippen LogP contribution in [0.2, 0.25) is 0 Å². The number of thiazole rings is 1. The van der Waals surface area contributed by atoms with Crippen molar-refractivity contribution in [1.82, 2.24) is 15.0 Å². The summed E-state index contributed by atoms with van der Waals surface area (Å²) >= 11 is 1.55. The summed E-state index contributed by atoms with van der Waals surface area (Å²) in [6, 6.07) is 13.9. The summed E-state index contributed by atoms with van der Waals surface area (Å²) < 4.78 is 0. The first-order valence-corrected chi connectivity index (χ1v) is 8.07. The van der Waals surface area contributed by atoms with Crippen LogP contribution in [0.3, 0.4) is 0 Å². The van der Waals surface area contributed by atoms with Crippen LogP contribution < -0.4 is 11.0 Å². The van der Waals surface area contributed by atoms with Gasteiger partial charge >= 0.3 is 5.69 Å². The molecule has 0 aliphatic rings. The molecule has 0 aliphatic carbocycles. The number of hydrogen-bond acceptors (Lipinski definition) is 4. The zero-order chi connectivity index (χ0) is 15.8. The van der Waals surface area contributed by atoms with Crippen molar-refractivity contribution in [2.24, 2.45) is 0 Å². The minimum absolute atomic E-state index is 0.197. The van der Waals surface area contributed by atoms with Crippen LogP contribution in [0.15, 0.2) is 52.6 Å². The molecule has 2 aromatic carbocycles. The molecule has 4 aromatic rings. The maximum Gasteiger partial charge on any atom is 0.323 e. The lowest BCUT2D eigenvalue weighted by Gasteiger charge is -2.03. The van der Waals surface area contributed by atoms with Gasteiger partial charge in [0.1, 0.15) is 0 Å². The van der Waals surface area contributed by atoms with Gasteiger partial charge in [-0.05, 0) is 36.8 Å². The monoisotopic (exact) mass is 322 g/mol. The van der Waals surface area contributed by atoms with Gasteiger partial charge in [0.2, 0.25) is 0 Å². The van der Waals surface area contributed by atoms with Crippen molar-refractivity contribution in [3.05, 3.63) is 63.9 Å². The number of nitrogens with one attached hydrogen (secondary N) is 3. The predicted molar refractivity (Wildman–Crippen MR) is 94.5 cm³/mol. The molecule has 0 bridgehead atoms. The van der Waals surface area contributed by atoms with Crippen LogP contribution in [0.4, 0.5) is 10.8 Å². The van der Waals surface area contributed by atoms with E-state index in [4.69, 9.17) is 0 Å². The second-order valence-electron chi connectivity index (χ2n) is 5.37. The fourth-order valence-corrected chi connectivity index (χ4v) is 3.24. The van der Waals surface area contributed by atoms with Crippen LogP contribution in [0.25, 0.3) is 22.3 Å². The Morgan fingerprint density at radius 2 is 1.96 bits per heavy atom. The number of aryl methyl sites for hydroxylation is 1. The maximum absolute atomic E-state index is 11.3. The van der Waals surface area contributed by atoms with Crippen LogP contribution >= 0.6 is 11.3 Å². The lowest BCUT2D eigenvalue weighted by molar-refractivity contribution is 1.21. The Balaban J connectivity index is 1.64. The van der Waals surface area contributed by atoms with E-state index in [1.807, 2.05) is 35.7 Å². The van der Waals surface area contributed by atoms with E-state index >= 15 is 0 Å². The van der Waals surface area contributed by atoms with Gasteiger partial charge in [0.15, 0.2) is 5.13 Å². The second kappa shape index (κ2) is 5.40. The summed E-state index contributed by atoms with van der Waals surface area (Å²) in [6.45, 7) is 2.06. The van der Waals surface area contributed by atoms with Gasteiger partial charge in [-0.15, -0.1) is 11.3 Å². The molecule has 0 unspecified atom stereocenters. The minimum Gasteiger partial charge on any atom is -0.332 e. The SMILES string of the molecule is Cc1cccc(Nc2nc(-c3ccc4[nH]c(=O)[nH]c4c3)cs2)c1. The topological polar surface area (TPSA) is 73.6 Å². The maximum atomic E-state index is 11.3. The van der Waals surface area contributed by atoms with Gasteiger partial charge in [0, 0.05) is 16.6 Å². The van der Waals surface area contributed by atoms with E-state index in [9.17, 15) is 4.79 Å². The number of hydrogen-bond donors (Lipinski definition) is 3. The van der Waals surface area contributed by atoms with Gasteiger partial charge in [-0.3, -0.25) is 0 Å². The molecular formula is C17H14N4OS. The number of rotatable bonds is 3. The van der Waals surface area contributed by atoms with Gasteiger partial charge in [-0.2, -0.15) is 0 Å². The third-order valence-electron chi connectivity index (χ3n) is 3.59. The van der Waals surface area contributed by atoms with E-state index in [0.717, 1.165) is 33.1 Å². The zero-order valence-electron chi connectivity index (χ0n) is 12.4. The van der Waals surface area contributed by atoms with Crippen molar-refractivity contribution in [3.63, 3.8) is 0 Å². The Bertz CT molecular complexity index is 1040. The Morgan fingerprint density at radius 1 is 1.09 bits per heavy atom. The number of anilines is 2. The highest BCUT2D eigenvalue weighted by molar-refractivity contribution is 7.14. The molecule has 0 spiro atoms. The average Bonchev–Trinajstić information content (AvgIpc) is 3.12. The summed E-state index contributed by atoms with van der Waals surface area (Å²) in [5, 5.41) is 6.16. The fourth-order valence-electron chi connectivity index (χ4n) is 2.50. The molecule has 2 heterocycles. The Labute approximate surface area is 136 Å². The zero-order valence-corrected chi connectivity index (χ0v) is 13.2. The van der Waals surface area contributed by atoms with E-state index < -0.39 is 0 Å². The lowest BCUT2D eigenvalue weighted by Crippen LogP contribution is -1.99. The largest absolute Gasteiger partial charge is 0.332 e. The van der Waals surface area contributed by atoms with Crippen LogP contribution in [-0.2, 0) is 0 Å². The number of imidazole rings is 1. The van der Waals surface area contributed by atoms with Gasteiger partial charge in [-0.25, -0.2) is 9.78 Å². The van der Waals surface area contributed by atoms with Gasteiger partial charge in [0.25, 0.3) is 0 Å². The van der Waals surface area contributed by atoms with Crippen LogP contribution in [0.1, 0.15) is 5.56 Å². The Morgan fingerprint density at radius 3 is 2.83 bits per heavy atom. The van der Waals surface area contributed by atoms with Gasteiger partial charge in [0.05, 0.1) is 16.7 Å². The molecule has 0 saturated heterocycles. The smallest absolute Gasteiger partial charge is 0.323 e. The third kappa shape index (κ3) is 2.76. The molecule has 114 valence electrons. The highest BCUT2D eigenvalue weighted by Crippen LogP contribution is 2.28. The molecule has 0 atom stereocenters. The van der Waals surface area contributed by atoms with Crippen LogP contribution in [0.5, 0.6) is 0 Å². The molecule has 0 radical (unpaired) electrons. The molecule has 3 N–H and O–H groups in total. The molecule has 6 heteroatoms. The van der Waals surface area contributed by atoms with E-state index in [0.29, 0.717) is 0 Å². The molecule has 23 heavy (non-hydrogen) atoms. The Kier molecular flexibility index (Phi) is 3.24. The minimum atomic E-state index is -0.197. The molecular weight excluding hydrogens is 308 g/mol. The number of aromatic amines is 2. The van der Waals surface area contributed by atoms with E-state index in [1.54, 1.807) is 11.3 Å². The highest BCUT2D eigenvalue weighted by Gasteiger charge is 2.07. The van der Waals surface area contributed by atoms with Crippen molar-refractivity contribution in [2.75, 3.05) is 5.32 Å². The number of benzene rings is 2. The highest BCUT2D eigenvalue weighted by atomic mass is 32.1. The summed E-state index contributed by atoms with van der Waals surface area (Å²) in [7, 11) is 0. The van der Waals surface area contributed by atoms with E-state index in [2.05, 4.69) is 39.3 Å². The first kappa shape index (κ1) is 13.8. The Hall–Kier alpha value is -2.86. The van der Waals surface area contributed by atoms with Gasteiger partial charge in [-0.1, -0.05) is 18.2 Å².